The molecule has 1 aliphatic heterocycles. The van der Waals surface area contributed by atoms with Gasteiger partial charge in [0, 0.05) is 38.1 Å². The van der Waals surface area contributed by atoms with Crippen molar-refractivity contribution in [2.24, 2.45) is 0 Å². The molecule has 3 rings (SSSR count). The van der Waals surface area contributed by atoms with E-state index in [1.54, 1.807) is 12.5 Å². The quantitative estimate of drug-likeness (QED) is 0.825. The van der Waals surface area contributed by atoms with E-state index in [0.717, 1.165) is 31.0 Å². The molecule has 0 saturated carbocycles. The highest BCUT2D eigenvalue weighted by Gasteiger charge is 2.26. The molecule has 1 amide bonds. The first kappa shape index (κ1) is 13.7. The van der Waals surface area contributed by atoms with Crippen LogP contribution in [-0.4, -0.2) is 57.8 Å². The molecular formula is C13H18N6O2. The summed E-state index contributed by atoms with van der Waals surface area (Å²) in [5, 5.41) is 11.0. The lowest BCUT2D eigenvalue weighted by Crippen LogP contribution is -2.39. The summed E-state index contributed by atoms with van der Waals surface area (Å²) in [5.74, 6) is 0.730. The molecule has 1 N–H and O–H groups in total. The Labute approximate surface area is 122 Å². The van der Waals surface area contributed by atoms with Gasteiger partial charge in [-0.1, -0.05) is 0 Å². The number of carbonyl (C=O) groups is 1. The number of ether oxygens (including phenoxy) is 1. The van der Waals surface area contributed by atoms with Crippen LogP contribution < -0.4 is 10.2 Å². The highest BCUT2D eigenvalue weighted by atomic mass is 16.5. The molecule has 112 valence electrons. The Morgan fingerprint density at radius 3 is 3.33 bits per heavy atom. The molecule has 1 aliphatic rings. The maximum atomic E-state index is 11.7. The van der Waals surface area contributed by atoms with E-state index >= 15 is 0 Å². The van der Waals surface area contributed by atoms with Gasteiger partial charge in [0.2, 0.25) is 11.6 Å². The largest absolute Gasteiger partial charge is 0.372 e. The van der Waals surface area contributed by atoms with Crippen LogP contribution >= 0.6 is 0 Å². The number of aromatic nitrogens is 4. The Bertz CT molecular complexity index is 628. The minimum Gasteiger partial charge on any atom is -0.372 e. The van der Waals surface area contributed by atoms with Crippen molar-refractivity contribution in [2.75, 3.05) is 31.2 Å². The first-order valence-electron chi connectivity index (χ1n) is 7.04. The first-order valence-corrected chi connectivity index (χ1v) is 7.04. The number of fused-ring (bicyclic) bond motifs is 1. The predicted octanol–water partition coefficient (Wildman–Crippen LogP) is -0.144. The predicted molar refractivity (Wildman–Crippen MR) is 76.0 cm³/mol. The third-order valence-corrected chi connectivity index (χ3v) is 3.49. The molecule has 0 unspecified atom stereocenters. The van der Waals surface area contributed by atoms with Gasteiger partial charge in [0.25, 0.3) is 0 Å². The van der Waals surface area contributed by atoms with Crippen molar-refractivity contribution in [1.29, 1.82) is 0 Å². The summed E-state index contributed by atoms with van der Waals surface area (Å²) in [6.07, 6.45) is 6.08. The van der Waals surface area contributed by atoms with Crippen molar-refractivity contribution in [3.63, 3.8) is 0 Å². The van der Waals surface area contributed by atoms with Gasteiger partial charge in [-0.05, 0) is 13.3 Å². The van der Waals surface area contributed by atoms with Crippen molar-refractivity contribution in [1.82, 2.24) is 24.9 Å². The van der Waals surface area contributed by atoms with Gasteiger partial charge in [-0.2, -0.15) is 0 Å². The fourth-order valence-corrected chi connectivity index (χ4v) is 2.50. The Morgan fingerprint density at radius 2 is 2.48 bits per heavy atom. The fourth-order valence-electron chi connectivity index (χ4n) is 2.50. The summed E-state index contributed by atoms with van der Waals surface area (Å²) in [6.45, 7) is 4.08. The van der Waals surface area contributed by atoms with Crippen LogP contribution in [0.25, 0.3) is 5.65 Å². The summed E-state index contributed by atoms with van der Waals surface area (Å²) >= 11 is 0. The van der Waals surface area contributed by atoms with E-state index in [0.29, 0.717) is 6.61 Å². The second-order valence-corrected chi connectivity index (χ2v) is 4.95. The first-order chi connectivity index (χ1) is 10.3. The number of rotatable bonds is 5. The maximum absolute atomic E-state index is 11.7. The number of nitrogens with one attached hydrogen (secondary N) is 1. The highest BCUT2D eigenvalue weighted by Crippen LogP contribution is 2.21. The standard InChI is InChI=1S/C13H18N6O2/c1-2-21-8-11(20)16-10-3-5-18(7-10)12-13-17-15-9-19(13)6-4-14-12/h4,6,9-10H,2-3,5,7-8H2,1H3,(H,16,20)/t10-/m1/s1. The summed E-state index contributed by atoms with van der Waals surface area (Å²) in [5.41, 5.74) is 0.735. The molecular weight excluding hydrogens is 272 g/mol. The molecule has 0 bridgehead atoms. The van der Waals surface area contributed by atoms with E-state index in [9.17, 15) is 4.79 Å². The molecule has 8 heteroatoms. The maximum Gasteiger partial charge on any atom is 0.246 e. The number of hydrogen-bond acceptors (Lipinski definition) is 6. The van der Waals surface area contributed by atoms with Gasteiger partial charge < -0.3 is 15.0 Å². The van der Waals surface area contributed by atoms with Crippen molar-refractivity contribution < 1.29 is 9.53 Å². The summed E-state index contributed by atoms with van der Waals surface area (Å²) in [4.78, 5) is 18.2. The van der Waals surface area contributed by atoms with Crippen molar-refractivity contribution in [3.05, 3.63) is 18.7 Å². The molecule has 21 heavy (non-hydrogen) atoms. The number of nitrogens with zero attached hydrogens (tertiary/aromatic N) is 5. The number of carbonyl (C=O) groups excluding carboxylic acids is 1. The number of anilines is 1. The molecule has 0 aliphatic carbocycles. The second kappa shape index (κ2) is 6.04. The lowest BCUT2D eigenvalue weighted by Gasteiger charge is -2.18. The van der Waals surface area contributed by atoms with E-state index in [4.69, 9.17) is 4.74 Å². The zero-order valence-corrected chi connectivity index (χ0v) is 11.9. The van der Waals surface area contributed by atoms with Gasteiger partial charge in [-0.25, -0.2) is 4.98 Å². The number of hydrogen-bond donors (Lipinski definition) is 1. The minimum absolute atomic E-state index is 0.0719. The Morgan fingerprint density at radius 1 is 1.57 bits per heavy atom. The van der Waals surface area contributed by atoms with Gasteiger partial charge >= 0.3 is 0 Å². The van der Waals surface area contributed by atoms with Crippen LogP contribution in [0.3, 0.4) is 0 Å². The van der Waals surface area contributed by atoms with Crippen LogP contribution in [0.2, 0.25) is 0 Å². The van der Waals surface area contributed by atoms with Crippen molar-refractivity contribution in [2.45, 2.75) is 19.4 Å². The van der Waals surface area contributed by atoms with Crippen LogP contribution in [0.5, 0.6) is 0 Å². The lowest BCUT2D eigenvalue weighted by atomic mass is 10.2. The summed E-state index contributed by atoms with van der Waals surface area (Å²) in [6, 6.07) is 0.114. The summed E-state index contributed by atoms with van der Waals surface area (Å²) < 4.78 is 6.94. The third-order valence-electron chi connectivity index (χ3n) is 3.49. The molecule has 0 radical (unpaired) electrons. The van der Waals surface area contributed by atoms with Crippen LogP contribution in [0.15, 0.2) is 18.7 Å². The monoisotopic (exact) mass is 290 g/mol. The highest BCUT2D eigenvalue weighted by molar-refractivity contribution is 5.77. The van der Waals surface area contributed by atoms with E-state index in [2.05, 4.69) is 25.4 Å². The van der Waals surface area contributed by atoms with Gasteiger partial charge in [0.05, 0.1) is 0 Å². The van der Waals surface area contributed by atoms with Crippen LogP contribution in [-0.2, 0) is 9.53 Å². The molecule has 0 spiro atoms. The summed E-state index contributed by atoms with van der Waals surface area (Å²) in [7, 11) is 0. The normalized spacial score (nSPS) is 18.3. The smallest absolute Gasteiger partial charge is 0.246 e. The minimum atomic E-state index is -0.0719. The Kier molecular flexibility index (Phi) is 3.96. The SMILES string of the molecule is CCOCC(=O)N[C@@H]1CCN(c2nccn3cnnc23)C1. The van der Waals surface area contributed by atoms with Gasteiger partial charge in [-0.3, -0.25) is 9.20 Å². The van der Waals surface area contributed by atoms with Gasteiger partial charge in [-0.15, -0.1) is 10.2 Å². The van der Waals surface area contributed by atoms with E-state index in [1.165, 1.54) is 0 Å². The molecule has 1 atom stereocenters. The molecule has 8 nitrogen and oxygen atoms in total. The van der Waals surface area contributed by atoms with E-state index < -0.39 is 0 Å². The van der Waals surface area contributed by atoms with Crippen LogP contribution in [0, 0.1) is 0 Å². The molecule has 0 aromatic carbocycles. The molecule has 2 aromatic heterocycles. The van der Waals surface area contributed by atoms with Crippen LogP contribution in [0.4, 0.5) is 5.82 Å². The lowest BCUT2D eigenvalue weighted by molar-refractivity contribution is -0.126. The average molecular weight is 290 g/mol. The Hall–Kier alpha value is -2.22. The van der Waals surface area contributed by atoms with Gasteiger partial charge in [0.1, 0.15) is 12.9 Å². The topological polar surface area (TPSA) is 84.7 Å². The van der Waals surface area contributed by atoms with E-state index in [-0.39, 0.29) is 18.6 Å². The fraction of sp³-hybridized carbons (Fsp3) is 0.538. The molecule has 3 heterocycles. The zero-order valence-electron chi connectivity index (χ0n) is 11.9. The van der Waals surface area contributed by atoms with Crippen molar-refractivity contribution >= 4 is 17.4 Å². The second-order valence-electron chi connectivity index (χ2n) is 4.95. The number of amides is 1. The third kappa shape index (κ3) is 2.94. The zero-order chi connectivity index (χ0) is 14.7. The molecule has 1 saturated heterocycles. The average Bonchev–Trinajstić information content (AvgIpc) is 3.13. The molecule has 2 aromatic rings. The van der Waals surface area contributed by atoms with Crippen molar-refractivity contribution in [3.8, 4) is 0 Å². The van der Waals surface area contributed by atoms with Crippen LogP contribution in [0.1, 0.15) is 13.3 Å². The Balaban J connectivity index is 1.64. The molecule has 1 fully saturated rings. The van der Waals surface area contributed by atoms with Gasteiger partial charge in [0.15, 0.2) is 5.82 Å². The van der Waals surface area contributed by atoms with E-state index in [1.807, 2.05) is 17.5 Å².